The van der Waals surface area contributed by atoms with E-state index in [0.717, 1.165) is 5.56 Å². The second-order valence-corrected chi connectivity index (χ2v) is 6.70. The summed E-state index contributed by atoms with van der Waals surface area (Å²) in [5, 5.41) is 2.59. The van der Waals surface area contributed by atoms with Crippen LogP contribution in [0.5, 0.6) is 11.5 Å². The first-order chi connectivity index (χ1) is 14.3. The second kappa shape index (κ2) is 10.8. The Balaban J connectivity index is 1.87. The third kappa shape index (κ3) is 7.09. The van der Waals surface area contributed by atoms with E-state index in [-0.39, 0.29) is 11.9 Å². The Bertz CT molecular complexity index is 931. The van der Waals surface area contributed by atoms with Crippen LogP contribution in [-0.4, -0.2) is 37.5 Å². The molecule has 2 rings (SSSR count). The fourth-order valence-corrected chi connectivity index (χ4v) is 2.47. The van der Waals surface area contributed by atoms with Crippen molar-refractivity contribution < 1.29 is 28.6 Å². The molecular formula is C23H25NO6. The smallest absolute Gasteiger partial charge is 0.331 e. The summed E-state index contributed by atoms with van der Waals surface area (Å²) in [6, 6.07) is 11.7. The van der Waals surface area contributed by atoms with E-state index < -0.39 is 18.5 Å². The van der Waals surface area contributed by atoms with Gasteiger partial charge in [-0.2, -0.15) is 0 Å². The topological polar surface area (TPSA) is 90.9 Å². The third-order valence-electron chi connectivity index (χ3n) is 3.88. The zero-order valence-electron chi connectivity index (χ0n) is 17.4. The minimum atomic E-state index is -0.654. The number of Topliss-reactive ketones (excluding diaryl/α,β-unsaturated/α-hetero) is 1. The van der Waals surface area contributed by atoms with Crippen molar-refractivity contribution in [3.05, 3.63) is 59.7 Å². The Morgan fingerprint density at radius 1 is 1.03 bits per heavy atom. The first-order valence-electron chi connectivity index (χ1n) is 9.39. The second-order valence-electron chi connectivity index (χ2n) is 6.70. The average molecular weight is 411 g/mol. The van der Waals surface area contributed by atoms with Crippen LogP contribution < -0.4 is 14.8 Å². The van der Waals surface area contributed by atoms with Gasteiger partial charge in [0.2, 0.25) is 0 Å². The molecule has 0 saturated heterocycles. The monoisotopic (exact) mass is 411 g/mol. The maximum Gasteiger partial charge on any atom is 0.331 e. The van der Waals surface area contributed by atoms with Gasteiger partial charge in [-0.15, -0.1) is 0 Å². The maximum absolute atomic E-state index is 11.9. The molecule has 0 heterocycles. The highest BCUT2D eigenvalue weighted by atomic mass is 16.5. The lowest BCUT2D eigenvalue weighted by Crippen LogP contribution is -2.20. The molecule has 0 saturated carbocycles. The van der Waals surface area contributed by atoms with Gasteiger partial charge in [-0.3, -0.25) is 9.59 Å². The molecule has 0 aliphatic carbocycles. The van der Waals surface area contributed by atoms with Crippen LogP contribution >= 0.6 is 0 Å². The van der Waals surface area contributed by atoms with Gasteiger partial charge in [0.1, 0.15) is 0 Å². The first kappa shape index (κ1) is 22.7. The normalized spacial score (nSPS) is 10.7. The molecule has 0 aromatic heterocycles. The molecule has 0 spiro atoms. The fraction of sp³-hybridized carbons (Fsp3) is 0.261. The number of carbonyl (C=O) groups excluding carboxylic acids is 3. The molecule has 0 radical (unpaired) electrons. The van der Waals surface area contributed by atoms with Crippen molar-refractivity contribution in [1.82, 2.24) is 0 Å². The van der Waals surface area contributed by atoms with Crippen LogP contribution in [0.4, 0.5) is 5.69 Å². The van der Waals surface area contributed by atoms with Crippen molar-refractivity contribution >= 4 is 29.4 Å². The minimum absolute atomic E-state index is 0.00786. The highest BCUT2D eigenvalue weighted by Gasteiger charge is 2.08. The number of esters is 1. The van der Waals surface area contributed by atoms with Crippen LogP contribution in [-0.2, 0) is 14.3 Å². The molecule has 7 nitrogen and oxygen atoms in total. The lowest BCUT2D eigenvalue weighted by molar-refractivity contribution is -0.142. The lowest BCUT2D eigenvalue weighted by atomic mass is 10.1. The number of ether oxygens (including phenoxy) is 3. The number of carbonyl (C=O) groups is 3. The number of hydrogen-bond acceptors (Lipinski definition) is 6. The Morgan fingerprint density at radius 3 is 2.33 bits per heavy atom. The summed E-state index contributed by atoms with van der Waals surface area (Å²) in [6.07, 6.45) is 2.79. The van der Waals surface area contributed by atoms with E-state index in [2.05, 4.69) is 5.32 Å². The Labute approximate surface area is 175 Å². The highest BCUT2D eigenvalue weighted by molar-refractivity contribution is 5.96. The molecule has 30 heavy (non-hydrogen) atoms. The van der Waals surface area contributed by atoms with E-state index in [4.69, 9.17) is 14.2 Å². The zero-order valence-corrected chi connectivity index (χ0v) is 17.4. The van der Waals surface area contributed by atoms with E-state index in [9.17, 15) is 14.4 Å². The summed E-state index contributed by atoms with van der Waals surface area (Å²) >= 11 is 0. The van der Waals surface area contributed by atoms with Crippen LogP contribution in [0.1, 0.15) is 36.7 Å². The molecule has 7 heteroatoms. The number of benzene rings is 2. The molecule has 0 aliphatic heterocycles. The van der Waals surface area contributed by atoms with Gasteiger partial charge in [-0.1, -0.05) is 6.07 Å². The summed E-state index contributed by atoms with van der Waals surface area (Å²) in [5.74, 6) is -0.0364. The Kier molecular flexibility index (Phi) is 8.17. The van der Waals surface area contributed by atoms with Crippen molar-refractivity contribution in [3.8, 4) is 11.5 Å². The van der Waals surface area contributed by atoms with E-state index in [0.29, 0.717) is 22.7 Å². The predicted octanol–water partition coefficient (Wildman–Crippen LogP) is 3.88. The summed E-state index contributed by atoms with van der Waals surface area (Å²) in [5.41, 5.74) is 1.77. The Morgan fingerprint density at radius 2 is 1.73 bits per heavy atom. The third-order valence-corrected chi connectivity index (χ3v) is 3.88. The van der Waals surface area contributed by atoms with Gasteiger partial charge in [0.15, 0.2) is 23.9 Å². The number of nitrogens with one attached hydrogen (secondary N) is 1. The number of rotatable bonds is 9. The summed E-state index contributed by atoms with van der Waals surface area (Å²) < 4.78 is 15.9. The first-order valence-corrected chi connectivity index (χ1v) is 9.39. The van der Waals surface area contributed by atoms with E-state index in [1.807, 2.05) is 13.8 Å². The van der Waals surface area contributed by atoms with Crippen LogP contribution in [0.3, 0.4) is 0 Å². The largest absolute Gasteiger partial charge is 0.493 e. The van der Waals surface area contributed by atoms with Crippen LogP contribution in [0.2, 0.25) is 0 Å². The van der Waals surface area contributed by atoms with Crippen molar-refractivity contribution in [1.29, 1.82) is 0 Å². The molecule has 158 valence electrons. The Hall–Kier alpha value is -3.61. The molecule has 0 unspecified atom stereocenters. The quantitative estimate of drug-likeness (QED) is 0.383. The van der Waals surface area contributed by atoms with Crippen LogP contribution in [0.15, 0.2) is 48.5 Å². The number of methoxy groups -OCH3 is 1. The van der Waals surface area contributed by atoms with Gasteiger partial charge < -0.3 is 19.5 Å². The van der Waals surface area contributed by atoms with Crippen molar-refractivity contribution in [3.63, 3.8) is 0 Å². The van der Waals surface area contributed by atoms with Crippen molar-refractivity contribution in [2.45, 2.75) is 26.9 Å². The van der Waals surface area contributed by atoms with E-state index in [1.54, 1.807) is 48.5 Å². The predicted molar refractivity (Wildman–Crippen MR) is 114 cm³/mol. The van der Waals surface area contributed by atoms with Gasteiger partial charge in [-0.25, -0.2) is 4.79 Å². The molecule has 0 fully saturated rings. The summed E-state index contributed by atoms with van der Waals surface area (Å²) in [7, 11) is 1.54. The maximum atomic E-state index is 11.9. The van der Waals surface area contributed by atoms with Crippen LogP contribution in [0.25, 0.3) is 6.08 Å². The molecule has 0 aliphatic rings. The van der Waals surface area contributed by atoms with Gasteiger partial charge >= 0.3 is 5.97 Å². The summed E-state index contributed by atoms with van der Waals surface area (Å²) in [6.45, 7) is 4.87. The zero-order chi connectivity index (χ0) is 22.1. The molecular weight excluding hydrogens is 386 g/mol. The summed E-state index contributed by atoms with van der Waals surface area (Å²) in [4.78, 5) is 35.0. The van der Waals surface area contributed by atoms with Gasteiger partial charge in [0, 0.05) is 17.3 Å². The number of amides is 1. The molecule has 1 N–H and O–H groups in total. The number of anilines is 1. The van der Waals surface area contributed by atoms with E-state index >= 15 is 0 Å². The molecule has 1 amide bonds. The van der Waals surface area contributed by atoms with Gasteiger partial charge in [0.05, 0.1) is 13.2 Å². The molecule has 0 bridgehead atoms. The molecule has 0 atom stereocenters. The molecule has 2 aromatic rings. The van der Waals surface area contributed by atoms with Gasteiger partial charge in [-0.05, 0) is 68.8 Å². The highest BCUT2D eigenvalue weighted by Crippen LogP contribution is 2.29. The SMILES string of the molecule is COc1cc(/C=C/C(=O)OCC(=O)Nc2ccc(C(C)=O)cc2)ccc1OC(C)C. The van der Waals surface area contributed by atoms with Crippen molar-refractivity contribution in [2.75, 3.05) is 19.0 Å². The lowest BCUT2D eigenvalue weighted by Gasteiger charge is -2.13. The van der Waals surface area contributed by atoms with E-state index in [1.165, 1.54) is 20.1 Å². The van der Waals surface area contributed by atoms with Crippen LogP contribution in [0, 0.1) is 0 Å². The average Bonchev–Trinajstić information content (AvgIpc) is 2.71. The standard InChI is InChI=1S/C23H25NO6/c1-15(2)30-20-11-5-17(13-21(20)28-4)6-12-23(27)29-14-22(26)24-19-9-7-18(8-10-19)16(3)25/h5-13,15H,14H2,1-4H3,(H,24,26)/b12-6+. The fourth-order valence-electron chi connectivity index (χ4n) is 2.47. The molecule has 2 aromatic carbocycles. The minimum Gasteiger partial charge on any atom is -0.493 e. The van der Waals surface area contributed by atoms with Gasteiger partial charge in [0.25, 0.3) is 5.91 Å². The van der Waals surface area contributed by atoms with Crippen molar-refractivity contribution in [2.24, 2.45) is 0 Å². The number of ketones is 1. The number of hydrogen-bond donors (Lipinski definition) is 1.